The van der Waals surface area contributed by atoms with Gasteiger partial charge in [0.25, 0.3) is 0 Å². The number of rotatable bonds is 2. The summed E-state index contributed by atoms with van der Waals surface area (Å²) >= 11 is 0. The fourth-order valence-corrected chi connectivity index (χ4v) is 2.08. The quantitative estimate of drug-likeness (QED) is 0.744. The minimum absolute atomic E-state index is 0.644. The van der Waals surface area contributed by atoms with E-state index in [0.717, 1.165) is 28.4 Å². The average molecular weight is 241 g/mol. The number of nitrogens with zero attached hydrogens (tertiary/aromatic N) is 4. The van der Waals surface area contributed by atoms with Gasteiger partial charge in [-0.05, 0) is 26.0 Å². The average Bonchev–Trinajstić information content (AvgIpc) is 2.87. The number of imidazole rings is 1. The molecule has 0 unspecified atom stereocenters. The van der Waals surface area contributed by atoms with Crippen molar-refractivity contribution >= 4 is 11.3 Å². The van der Waals surface area contributed by atoms with Gasteiger partial charge >= 0.3 is 0 Å². The van der Waals surface area contributed by atoms with Crippen LogP contribution in [0.15, 0.2) is 30.6 Å². The van der Waals surface area contributed by atoms with Gasteiger partial charge in [-0.2, -0.15) is 5.10 Å². The van der Waals surface area contributed by atoms with E-state index in [2.05, 4.69) is 10.1 Å². The van der Waals surface area contributed by atoms with Crippen molar-refractivity contribution in [3.63, 3.8) is 0 Å². The van der Waals surface area contributed by atoms with Crippen LogP contribution in [0.3, 0.4) is 0 Å². The molecule has 0 aromatic carbocycles. The van der Waals surface area contributed by atoms with Crippen molar-refractivity contribution < 1.29 is 0 Å². The Morgan fingerprint density at radius 2 is 2.11 bits per heavy atom. The Balaban J connectivity index is 1.98. The maximum Gasteiger partial charge on any atom is 0.137 e. The number of pyridine rings is 1. The van der Waals surface area contributed by atoms with Gasteiger partial charge in [-0.25, -0.2) is 4.98 Å². The molecule has 0 saturated carbocycles. The molecule has 3 aromatic heterocycles. The highest BCUT2D eigenvalue weighted by Crippen LogP contribution is 2.16. The Morgan fingerprint density at radius 1 is 1.28 bits per heavy atom. The normalized spacial score (nSPS) is 11.2. The summed E-state index contributed by atoms with van der Waals surface area (Å²) in [4.78, 5) is 4.55. The Kier molecular flexibility index (Phi) is 2.33. The van der Waals surface area contributed by atoms with Crippen LogP contribution in [-0.4, -0.2) is 19.2 Å². The van der Waals surface area contributed by atoms with Gasteiger partial charge in [0.1, 0.15) is 5.65 Å². The van der Waals surface area contributed by atoms with Crippen molar-refractivity contribution in [3.8, 4) is 0 Å². The predicted octanol–water partition coefficient (Wildman–Crippen LogP) is 1.78. The summed E-state index contributed by atoms with van der Waals surface area (Å²) in [6, 6.07) is 5.95. The van der Waals surface area contributed by atoms with Crippen LogP contribution < -0.4 is 5.73 Å². The molecule has 0 radical (unpaired) electrons. The van der Waals surface area contributed by atoms with E-state index in [1.807, 2.05) is 53.5 Å². The smallest absolute Gasteiger partial charge is 0.137 e. The van der Waals surface area contributed by atoms with Gasteiger partial charge in [0.2, 0.25) is 0 Å². The van der Waals surface area contributed by atoms with Gasteiger partial charge in [0.15, 0.2) is 0 Å². The van der Waals surface area contributed by atoms with Gasteiger partial charge < -0.3 is 10.1 Å². The second-order valence-corrected chi connectivity index (χ2v) is 4.44. The number of hydrogen-bond donors (Lipinski definition) is 1. The van der Waals surface area contributed by atoms with E-state index in [9.17, 15) is 0 Å². The highest BCUT2D eigenvalue weighted by Gasteiger charge is 2.09. The largest absolute Gasteiger partial charge is 0.396 e. The van der Waals surface area contributed by atoms with Gasteiger partial charge in [-0.3, -0.25) is 4.68 Å². The number of hydrogen-bond acceptors (Lipinski definition) is 3. The maximum atomic E-state index is 5.92. The monoisotopic (exact) mass is 241 g/mol. The molecule has 0 bridgehead atoms. The van der Waals surface area contributed by atoms with Gasteiger partial charge in [-0.15, -0.1) is 0 Å². The second-order valence-electron chi connectivity index (χ2n) is 4.44. The zero-order valence-electron chi connectivity index (χ0n) is 10.5. The van der Waals surface area contributed by atoms with Crippen molar-refractivity contribution in [2.24, 2.45) is 0 Å². The third kappa shape index (κ3) is 1.64. The molecule has 3 heterocycles. The van der Waals surface area contributed by atoms with Crippen LogP contribution in [0, 0.1) is 13.8 Å². The molecule has 18 heavy (non-hydrogen) atoms. The van der Waals surface area contributed by atoms with E-state index in [1.54, 1.807) is 0 Å². The summed E-state index contributed by atoms with van der Waals surface area (Å²) in [5.74, 6) is 0. The number of fused-ring (bicyclic) bond motifs is 1. The van der Waals surface area contributed by atoms with Crippen LogP contribution in [-0.2, 0) is 6.54 Å². The molecule has 0 aliphatic heterocycles. The predicted molar refractivity (Wildman–Crippen MR) is 70.4 cm³/mol. The van der Waals surface area contributed by atoms with Crippen LogP contribution in [0.1, 0.15) is 17.1 Å². The summed E-state index contributed by atoms with van der Waals surface area (Å²) in [6.07, 6.45) is 4.00. The van der Waals surface area contributed by atoms with Crippen LogP contribution in [0.4, 0.5) is 5.69 Å². The minimum Gasteiger partial charge on any atom is -0.396 e. The van der Waals surface area contributed by atoms with Crippen molar-refractivity contribution in [2.75, 3.05) is 5.73 Å². The maximum absolute atomic E-state index is 5.92. The van der Waals surface area contributed by atoms with Gasteiger partial charge in [0, 0.05) is 12.4 Å². The molecule has 0 aliphatic carbocycles. The Labute approximate surface area is 105 Å². The molecule has 0 aliphatic rings. The Hall–Kier alpha value is -2.30. The van der Waals surface area contributed by atoms with Gasteiger partial charge in [-0.1, -0.05) is 6.07 Å². The molecule has 0 saturated heterocycles. The summed E-state index contributed by atoms with van der Waals surface area (Å²) in [7, 11) is 0. The number of anilines is 1. The van der Waals surface area contributed by atoms with E-state index >= 15 is 0 Å². The van der Waals surface area contributed by atoms with Crippen molar-refractivity contribution in [1.82, 2.24) is 19.2 Å². The van der Waals surface area contributed by atoms with Crippen LogP contribution >= 0.6 is 0 Å². The zero-order chi connectivity index (χ0) is 12.7. The standard InChI is InChI=1S/C13H15N5/c1-9-13(14)10(2)18(16-9)8-11-7-17-6-4-3-5-12(17)15-11/h3-7H,8,14H2,1-2H3. The topological polar surface area (TPSA) is 61.1 Å². The molecule has 92 valence electrons. The first-order valence-corrected chi connectivity index (χ1v) is 5.87. The van der Waals surface area contributed by atoms with Crippen LogP contribution in [0.5, 0.6) is 0 Å². The molecule has 5 nitrogen and oxygen atoms in total. The lowest BCUT2D eigenvalue weighted by Crippen LogP contribution is -2.04. The molecule has 5 heteroatoms. The highest BCUT2D eigenvalue weighted by molar-refractivity contribution is 5.47. The second kappa shape index (κ2) is 3.87. The van der Waals surface area contributed by atoms with E-state index in [-0.39, 0.29) is 0 Å². The third-order valence-electron chi connectivity index (χ3n) is 3.16. The lowest BCUT2D eigenvalue weighted by atomic mass is 10.3. The number of nitrogens with two attached hydrogens (primary N) is 1. The summed E-state index contributed by atoms with van der Waals surface area (Å²) < 4.78 is 3.90. The minimum atomic E-state index is 0.644. The number of aryl methyl sites for hydroxylation is 1. The lowest BCUT2D eigenvalue weighted by Gasteiger charge is -2.00. The lowest BCUT2D eigenvalue weighted by molar-refractivity contribution is 0.650. The first kappa shape index (κ1) is 10.8. The number of nitrogen functional groups attached to an aromatic ring is 1. The first-order valence-electron chi connectivity index (χ1n) is 5.87. The van der Waals surface area contributed by atoms with Crippen molar-refractivity contribution in [2.45, 2.75) is 20.4 Å². The van der Waals surface area contributed by atoms with Crippen LogP contribution in [0.25, 0.3) is 5.65 Å². The highest BCUT2D eigenvalue weighted by atomic mass is 15.3. The van der Waals surface area contributed by atoms with E-state index < -0.39 is 0 Å². The SMILES string of the molecule is Cc1nn(Cc2cn3ccccc3n2)c(C)c1N. The van der Waals surface area contributed by atoms with E-state index in [0.29, 0.717) is 6.54 Å². The van der Waals surface area contributed by atoms with E-state index in [4.69, 9.17) is 5.73 Å². The van der Waals surface area contributed by atoms with Crippen LogP contribution in [0.2, 0.25) is 0 Å². The van der Waals surface area contributed by atoms with Gasteiger partial charge in [0.05, 0.1) is 29.3 Å². The molecule has 0 spiro atoms. The molecular weight excluding hydrogens is 226 g/mol. The molecule has 2 N–H and O–H groups in total. The molecule has 3 aromatic rings. The van der Waals surface area contributed by atoms with Crippen molar-refractivity contribution in [3.05, 3.63) is 47.7 Å². The summed E-state index contributed by atoms with van der Waals surface area (Å²) in [5.41, 5.74) is 10.5. The zero-order valence-corrected chi connectivity index (χ0v) is 10.5. The molecule has 0 amide bonds. The molecular formula is C13H15N5. The Bertz CT molecular complexity index is 674. The fraction of sp³-hybridized carbons (Fsp3) is 0.231. The summed E-state index contributed by atoms with van der Waals surface area (Å²) in [6.45, 7) is 4.54. The Morgan fingerprint density at radius 3 is 2.78 bits per heavy atom. The molecule has 3 rings (SSSR count). The van der Waals surface area contributed by atoms with E-state index in [1.165, 1.54) is 0 Å². The summed E-state index contributed by atoms with van der Waals surface area (Å²) in [5, 5.41) is 4.42. The third-order valence-corrected chi connectivity index (χ3v) is 3.16. The fourth-order valence-electron chi connectivity index (χ4n) is 2.08. The molecule has 0 atom stereocenters. The molecule has 0 fully saturated rings. The van der Waals surface area contributed by atoms with Crippen molar-refractivity contribution in [1.29, 1.82) is 0 Å². The number of aromatic nitrogens is 4. The first-order chi connectivity index (χ1) is 8.65.